The Morgan fingerprint density at radius 3 is 2.53 bits per heavy atom. The number of rotatable bonds is 10. The highest BCUT2D eigenvalue weighted by molar-refractivity contribution is 7.91. The van der Waals surface area contributed by atoms with Gasteiger partial charge in [-0.1, -0.05) is 71.7 Å². The lowest BCUT2D eigenvalue weighted by molar-refractivity contribution is -0.140. The van der Waals surface area contributed by atoms with E-state index in [0.29, 0.717) is 42.0 Å². The number of hydrogen-bond donors (Lipinski definition) is 3. The number of thiazole rings is 1. The number of fused-ring (bicyclic) bond motifs is 3. The fourth-order valence-electron chi connectivity index (χ4n) is 8.88. The van der Waals surface area contributed by atoms with Crippen molar-refractivity contribution in [3.05, 3.63) is 76.8 Å². The SMILES string of the molecule is COc1ccc2c(O[C@@H]3C[C@H]4C(=O)N[C@]5(C(=O)NS(=O)(=O)C6(C)CC6)C[C@H]5/C=C\CCCCC[C@H](Nc5cccc(C(C)(C)C)c5)C(=O)N4C3)cc(-c3nc(C(C)C)cs3)nc2c1C. The lowest BCUT2D eigenvalue weighted by Gasteiger charge is -2.30. The first-order valence-corrected chi connectivity index (χ1v) is 25.0. The van der Waals surface area contributed by atoms with Gasteiger partial charge in [0.05, 0.1) is 29.6 Å². The summed E-state index contributed by atoms with van der Waals surface area (Å²) in [5.41, 5.74) is 3.45. The minimum atomic E-state index is -3.99. The summed E-state index contributed by atoms with van der Waals surface area (Å²) in [7, 11) is -2.36. The third-order valence-electron chi connectivity index (χ3n) is 13.5. The summed E-state index contributed by atoms with van der Waals surface area (Å²) >= 11 is 1.51. The molecule has 13 nitrogen and oxygen atoms in total. The fourth-order valence-corrected chi connectivity index (χ4v) is 11.1. The van der Waals surface area contributed by atoms with Crippen molar-refractivity contribution in [1.29, 1.82) is 0 Å². The molecule has 2 aromatic carbocycles. The third kappa shape index (κ3) is 9.11. The van der Waals surface area contributed by atoms with Crippen molar-refractivity contribution in [2.24, 2.45) is 5.92 Å². The van der Waals surface area contributed by atoms with Crippen molar-refractivity contribution < 1.29 is 32.3 Å². The quantitative estimate of drug-likeness (QED) is 0.132. The molecule has 2 saturated carbocycles. The maximum Gasteiger partial charge on any atom is 0.259 e. The van der Waals surface area contributed by atoms with E-state index in [1.54, 1.807) is 18.9 Å². The van der Waals surface area contributed by atoms with Crippen molar-refractivity contribution in [1.82, 2.24) is 24.9 Å². The Kier molecular flexibility index (Phi) is 12.4. The van der Waals surface area contributed by atoms with Gasteiger partial charge in [0.15, 0.2) is 0 Å². The monoisotopic (exact) mass is 910 g/mol. The lowest BCUT2D eigenvalue weighted by Crippen LogP contribution is -2.58. The van der Waals surface area contributed by atoms with E-state index >= 15 is 4.79 Å². The number of carbonyl (C=O) groups excluding carboxylic acids is 3. The molecular weight excluding hydrogens is 849 g/mol. The minimum absolute atomic E-state index is 0.0927. The van der Waals surface area contributed by atoms with Crippen molar-refractivity contribution in [2.75, 3.05) is 19.0 Å². The molecule has 3 fully saturated rings. The lowest BCUT2D eigenvalue weighted by atomic mass is 9.87. The second-order valence-corrected chi connectivity index (χ2v) is 22.8. The number of allylic oxidation sites excluding steroid dienone is 1. The van der Waals surface area contributed by atoms with Gasteiger partial charge in [0.2, 0.25) is 21.8 Å². The molecule has 2 aliphatic heterocycles. The molecule has 3 amide bonds. The molecule has 0 radical (unpaired) electrons. The van der Waals surface area contributed by atoms with Gasteiger partial charge in [-0.05, 0) is 93.5 Å². The van der Waals surface area contributed by atoms with Crippen LogP contribution in [0.2, 0.25) is 0 Å². The number of carbonyl (C=O) groups is 3. The predicted molar refractivity (Wildman–Crippen MR) is 251 cm³/mol. The van der Waals surface area contributed by atoms with Crippen LogP contribution in [0.25, 0.3) is 21.6 Å². The summed E-state index contributed by atoms with van der Waals surface area (Å²) in [6.07, 6.45) is 8.40. The second-order valence-electron chi connectivity index (χ2n) is 19.8. The summed E-state index contributed by atoms with van der Waals surface area (Å²) in [4.78, 5) is 55.7. The van der Waals surface area contributed by atoms with Crippen LogP contribution in [-0.4, -0.2) is 83.1 Å². The van der Waals surface area contributed by atoms with Gasteiger partial charge < -0.3 is 25.0 Å². The molecule has 4 heterocycles. The summed E-state index contributed by atoms with van der Waals surface area (Å²) in [6.45, 7) is 14.3. The fraction of sp³-hybridized carbons (Fsp3) is 0.531. The van der Waals surface area contributed by atoms with Crippen LogP contribution in [-0.2, 0) is 29.8 Å². The number of nitrogens with one attached hydrogen (secondary N) is 3. The van der Waals surface area contributed by atoms with E-state index in [0.717, 1.165) is 58.6 Å². The van der Waals surface area contributed by atoms with Gasteiger partial charge in [-0.15, -0.1) is 11.3 Å². The summed E-state index contributed by atoms with van der Waals surface area (Å²) < 4.78 is 40.6. The smallest absolute Gasteiger partial charge is 0.259 e. The van der Waals surface area contributed by atoms with Gasteiger partial charge >= 0.3 is 0 Å². The molecule has 1 saturated heterocycles. The second kappa shape index (κ2) is 17.4. The normalized spacial score (nSPS) is 25.4. The van der Waals surface area contributed by atoms with Crippen LogP contribution in [0.1, 0.15) is 122 Å². The Morgan fingerprint density at radius 2 is 1.83 bits per heavy atom. The third-order valence-corrected chi connectivity index (χ3v) is 16.6. The van der Waals surface area contributed by atoms with Crippen LogP contribution in [0.5, 0.6) is 11.5 Å². The van der Waals surface area contributed by atoms with E-state index in [-0.39, 0.29) is 36.6 Å². The van der Waals surface area contributed by atoms with Crippen LogP contribution in [0.3, 0.4) is 0 Å². The molecule has 3 N–H and O–H groups in total. The van der Waals surface area contributed by atoms with Crippen LogP contribution in [0, 0.1) is 12.8 Å². The number of nitrogens with zero attached hydrogens (tertiary/aromatic N) is 3. The molecule has 8 rings (SSSR count). The number of ether oxygens (including phenoxy) is 2. The van der Waals surface area contributed by atoms with Crippen molar-refractivity contribution in [3.63, 3.8) is 0 Å². The highest BCUT2D eigenvalue weighted by Gasteiger charge is 2.63. The molecule has 5 atom stereocenters. The number of sulfonamides is 1. The highest BCUT2D eigenvalue weighted by atomic mass is 32.2. The van der Waals surface area contributed by atoms with Gasteiger partial charge in [0.1, 0.15) is 45.9 Å². The zero-order chi connectivity index (χ0) is 45.8. The van der Waals surface area contributed by atoms with Gasteiger partial charge in [0.25, 0.3) is 5.91 Å². The zero-order valence-electron chi connectivity index (χ0n) is 38.2. The van der Waals surface area contributed by atoms with Crippen molar-refractivity contribution in [2.45, 2.75) is 146 Å². The highest BCUT2D eigenvalue weighted by Crippen LogP contribution is 2.48. The van der Waals surface area contributed by atoms with Crippen molar-refractivity contribution >= 4 is 55.7 Å². The Bertz CT molecular complexity index is 2600. The zero-order valence-corrected chi connectivity index (χ0v) is 39.9. The van der Waals surface area contributed by atoms with E-state index in [4.69, 9.17) is 19.4 Å². The van der Waals surface area contributed by atoms with E-state index < -0.39 is 56.2 Å². The first-order chi connectivity index (χ1) is 30.3. The Hall–Kier alpha value is -5.02. The first-order valence-electron chi connectivity index (χ1n) is 22.7. The number of aryl methyl sites for hydroxylation is 1. The number of anilines is 1. The molecule has 64 heavy (non-hydrogen) atoms. The molecule has 0 unspecified atom stereocenters. The van der Waals surface area contributed by atoms with Crippen LogP contribution < -0.4 is 24.8 Å². The number of benzene rings is 2. The maximum absolute atomic E-state index is 15.2. The van der Waals surface area contributed by atoms with Gasteiger partial charge in [0, 0.05) is 40.4 Å². The average Bonchev–Trinajstić information content (AvgIpc) is 4.02. The van der Waals surface area contributed by atoms with E-state index in [9.17, 15) is 18.0 Å². The summed E-state index contributed by atoms with van der Waals surface area (Å²) in [5.74, 6) is -0.503. The summed E-state index contributed by atoms with van der Waals surface area (Å²) in [6, 6.07) is 12.1. The van der Waals surface area contributed by atoms with Gasteiger partial charge in [-0.3, -0.25) is 19.1 Å². The topological polar surface area (TPSA) is 169 Å². The first kappa shape index (κ1) is 45.5. The molecular formula is C49H62N6O7S2. The molecule has 342 valence electrons. The van der Waals surface area contributed by atoms with Crippen molar-refractivity contribution in [3.8, 4) is 22.2 Å². The summed E-state index contributed by atoms with van der Waals surface area (Å²) in [5, 5.41) is 10.1. The Balaban J connectivity index is 1.16. The molecule has 2 aliphatic carbocycles. The Morgan fingerprint density at radius 1 is 1.05 bits per heavy atom. The predicted octanol–water partition coefficient (Wildman–Crippen LogP) is 8.32. The molecule has 15 heteroatoms. The minimum Gasteiger partial charge on any atom is -0.496 e. The Labute approximate surface area is 381 Å². The van der Waals surface area contributed by atoms with Gasteiger partial charge in [-0.25, -0.2) is 18.4 Å². The molecule has 0 spiro atoms. The molecule has 0 bridgehead atoms. The van der Waals surface area contributed by atoms with Crippen LogP contribution in [0.4, 0.5) is 5.69 Å². The van der Waals surface area contributed by atoms with Crippen LogP contribution in [0.15, 0.2) is 60.0 Å². The number of pyridine rings is 1. The molecule has 4 aliphatic rings. The number of methoxy groups -OCH3 is 1. The number of hydrogen-bond acceptors (Lipinski definition) is 11. The number of aromatic nitrogens is 2. The average molecular weight is 911 g/mol. The van der Waals surface area contributed by atoms with E-state index in [1.807, 2.05) is 54.8 Å². The van der Waals surface area contributed by atoms with Crippen LogP contribution >= 0.6 is 11.3 Å². The maximum atomic E-state index is 15.2. The van der Waals surface area contributed by atoms with E-state index in [1.165, 1.54) is 11.3 Å². The molecule has 4 aromatic rings. The van der Waals surface area contributed by atoms with Gasteiger partial charge in [-0.2, -0.15) is 0 Å². The largest absolute Gasteiger partial charge is 0.496 e. The number of amides is 3. The van der Waals surface area contributed by atoms with E-state index in [2.05, 4.69) is 62.1 Å². The standard InChI is InChI=1S/C49H62N6O7S2/c1-29(2)38-28-63-44(52-38)37-25-41(35-19-20-40(61-8)30(3)42(35)51-37)62-34-24-39-43(56)53-49(46(58)54-64(59,60)48(7)21-22-48)26-32(49)15-12-10-9-11-13-18-36(45(57)55(39)27-34)50-33-17-14-16-31(23-33)47(4,5)6/h12,14-17,19-20,23,25,28-29,32,34,36,39,50H,9-11,13,18,21-22,24,26-27H2,1-8H3,(H,53,56)(H,54,58)/b15-12-/t32-,34-,36+,39+,49-/m1/s1. The molecule has 2 aromatic heterocycles.